The first kappa shape index (κ1) is 21.9. The van der Waals surface area contributed by atoms with Gasteiger partial charge >= 0.3 is 0 Å². The Hall–Kier alpha value is -2.33. The lowest BCUT2D eigenvalue weighted by molar-refractivity contribution is 0.0698. The second-order valence-electron chi connectivity index (χ2n) is 7.21. The lowest BCUT2D eigenvalue weighted by Crippen LogP contribution is -2.49. The van der Waals surface area contributed by atoms with Gasteiger partial charge in [0.05, 0.1) is 4.90 Å². The van der Waals surface area contributed by atoms with Crippen molar-refractivity contribution in [1.29, 1.82) is 0 Å². The maximum absolute atomic E-state index is 13.4. The van der Waals surface area contributed by atoms with Crippen molar-refractivity contribution in [3.8, 4) is 10.6 Å². The fourth-order valence-electron chi connectivity index (χ4n) is 3.44. The summed E-state index contributed by atoms with van der Waals surface area (Å²) in [5, 5.41) is 3.03. The number of nitrogens with zero attached hydrogens (tertiary/aromatic N) is 2. The molecule has 1 N–H and O–H groups in total. The van der Waals surface area contributed by atoms with Crippen LogP contribution >= 0.6 is 22.9 Å². The first-order valence-electron chi connectivity index (χ1n) is 9.60. The predicted octanol–water partition coefficient (Wildman–Crippen LogP) is 4.19. The van der Waals surface area contributed by atoms with E-state index in [9.17, 15) is 17.6 Å². The third-order valence-electron chi connectivity index (χ3n) is 4.95. The number of halogens is 2. The van der Waals surface area contributed by atoms with Crippen LogP contribution in [-0.2, 0) is 10.0 Å². The summed E-state index contributed by atoms with van der Waals surface area (Å²) in [7, 11) is -3.88. The van der Waals surface area contributed by atoms with Gasteiger partial charge in [-0.3, -0.25) is 4.79 Å². The first-order chi connectivity index (χ1) is 14.8. The minimum atomic E-state index is -3.88. The molecule has 1 unspecified atom stereocenters. The van der Waals surface area contributed by atoms with Crippen LogP contribution < -0.4 is 4.72 Å². The van der Waals surface area contributed by atoms with E-state index in [2.05, 4.69) is 9.71 Å². The molecule has 3 aromatic rings. The van der Waals surface area contributed by atoms with Gasteiger partial charge < -0.3 is 4.90 Å². The van der Waals surface area contributed by atoms with Crippen molar-refractivity contribution in [3.05, 3.63) is 70.4 Å². The summed E-state index contributed by atoms with van der Waals surface area (Å²) in [4.78, 5) is 18.9. The highest BCUT2D eigenvalue weighted by molar-refractivity contribution is 7.89. The average molecular weight is 480 g/mol. The number of hydrogen-bond donors (Lipinski definition) is 1. The molecule has 0 bridgehead atoms. The molecule has 0 saturated carbocycles. The number of piperidine rings is 1. The average Bonchev–Trinajstić information content (AvgIpc) is 3.24. The summed E-state index contributed by atoms with van der Waals surface area (Å²) in [6.45, 7) is 0.742. The number of aromatic nitrogens is 1. The minimum absolute atomic E-state index is 0.136. The van der Waals surface area contributed by atoms with Crippen LogP contribution in [0.4, 0.5) is 4.39 Å². The first-order valence-corrected chi connectivity index (χ1v) is 12.3. The molecule has 0 spiro atoms. The van der Waals surface area contributed by atoms with E-state index in [1.165, 1.54) is 29.5 Å². The van der Waals surface area contributed by atoms with Crippen LogP contribution in [0.25, 0.3) is 10.6 Å². The van der Waals surface area contributed by atoms with E-state index in [0.717, 1.165) is 11.6 Å². The second kappa shape index (κ2) is 9.04. The molecule has 1 aliphatic rings. The molecule has 1 aromatic heterocycles. The van der Waals surface area contributed by atoms with Crippen LogP contribution in [0.3, 0.4) is 0 Å². The quantitative estimate of drug-likeness (QED) is 0.595. The topological polar surface area (TPSA) is 79.4 Å². The summed E-state index contributed by atoms with van der Waals surface area (Å²) in [5.74, 6) is -0.866. The van der Waals surface area contributed by atoms with Gasteiger partial charge in [0.25, 0.3) is 5.91 Å². The number of rotatable bonds is 5. The van der Waals surface area contributed by atoms with Crippen LogP contribution in [0.5, 0.6) is 0 Å². The Morgan fingerprint density at radius 1 is 1.23 bits per heavy atom. The number of thiazole rings is 1. The van der Waals surface area contributed by atoms with Crippen molar-refractivity contribution in [2.45, 2.75) is 23.8 Å². The van der Waals surface area contributed by atoms with Crippen LogP contribution in [0, 0.1) is 5.82 Å². The molecule has 1 atom stereocenters. The number of likely N-dealkylation sites (tertiary alicyclic amines) is 1. The summed E-state index contributed by atoms with van der Waals surface area (Å²) in [5.41, 5.74) is 1.19. The van der Waals surface area contributed by atoms with Gasteiger partial charge in [0.15, 0.2) is 0 Å². The molecule has 1 fully saturated rings. The van der Waals surface area contributed by atoms with Crippen LogP contribution in [-0.4, -0.2) is 43.3 Å². The van der Waals surface area contributed by atoms with Gasteiger partial charge in [-0.1, -0.05) is 29.8 Å². The number of sulfonamides is 1. The highest BCUT2D eigenvalue weighted by atomic mass is 35.5. The minimum Gasteiger partial charge on any atom is -0.336 e. The largest absolute Gasteiger partial charge is 0.336 e. The standard InChI is InChI=1S/C21H19ClFN3O3S2/c22-15-8-6-14(7-9-15)20-24-19(13-30-20)21(27)26-10-2-4-17(12-26)25-31(28,29)18-5-1-3-16(23)11-18/h1,3,5-9,11,13,17,25H,2,4,10,12H2. The van der Waals surface area contributed by atoms with Crippen LogP contribution in [0.2, 0.25) is 5.02 Å². The van der Waals surface area contributed by atoms with Gasteiger partial charge in [-0.2, -0.15) is 0 Å². The molecule has 1 amide bonds. The van der Waals surface area contributed by atoms with Crippen molar-refractivity contribution in [2.75, 3.05) is 13.1 Å². The Morgan fingerprint density at radius 2 is 2.00 bits per heavy atom. The van der Waals surface area contributed by atoms with Crippen molar-refractivity contribution < 1.29 is 17.6 Å². The molecule has 4 rings (SSSR count). The van der Waals surface area contributed by atoms with E-state index in [0.29, 0.717) is 35.1 Å². The molecule has 162 valence electrons. The molecule has 6 nitrogen and oxygen atoms in total. The molecule has 10 heteroatoms. The lowest BCUT2D eigenvalue weighted by Gasteiger charge is -2.32. The predicted molar refractivity (Wildman–Crippen MR) is 118 cm³/mol. The third kappa shape index (κ3) is 5.12. The maximum atomic E-state index is 13.4. The number of nitrogens with one attached hydrogen (secondary N) is 1. The van der Waals surface area contributed by atoms with Gasteiger partial charge in [-0.25, -0.2) is 22.5 Å². The third-order valence-corrected chi connectivity index (χ3v) is 7.61. The van der Waals surface area contributed by atoms with Crippen molar-refractivity contribution in [1.82, 2.24) is 14.6 Å². The van der Waals surface area contributed by atoms with Crippen LogP contribution in [0.15, 0.2) is 58.8 Å². The Balaban J connectivity index is 1.45. The normalized spacial score (nSPS) is 17.0. The zero-order valence-corrected chi connectivity index (χ0v) is 18.7. The van der Waals surface area contributed by atoms with E-state index < -0.39 is 21.9 Å². The van der Waals surface area contributed by atoms with E-state index in [1.807, 2.05) is 12.1 Å². The van der Waals surface area contributed by atoms with E-state index >= 15 is 0 Å². The van der Waals surface area contributed by atoms with Gasteiger partial charge in [0, 0.05) is 35.1 Å². The van der Waals surface area contributed by atoms with Gasteiger partial charge in [-0.15, -0.1) is 11.3 Å². The monoisotopic (exact) mass is 479 g/mol. The van der Waals surface area contributed by atoms with Gasteiger partial charge in [0.2, 0.25) is 10.0 Å². The highest BCUT2D eigenvalue weighted by Gasteiger charge is 2.29. The fourth-order valence-corrected chi connectivity index (χ4v) is 5.66. The van der Waals surface area contributed by atoms with E-state index in [-0.39, 0.29) is 17.3 Å². The summed E-state index contributed by atoms with van der Waals surface area (Å²) < 4.78 is 41.2. The molecule has 0 radical (unpaired) electrons. The molecule has 1 saturated heterocycles. The lowest BCUT2D eigenvalue weighted by atomic mass is 10.1. The number of hydrogen-bond acceptors (Lipinski definition) is 5. The fraction of sp³-hybridized carbons (Fsp3) is 0.238. The maximum Gasteiger partial charge on any atom is 0.273 e. The van der Waals surface area contributed by atoms with Crippen LogP contribution in [0.1, 0.15) is 23.3 Å². The van der Waals surface area contributed by atoms with Gasteiger partial charge in [-0.05, 0) is 43.2 Å². The van der Waals surface area contributed by atoms with E-state index in [4.69, 9.17) is 11.6 Å². The van der Waals surface area contributed by atoms with Gasteiger partial charge in [0.1, 0.15) is 16.5 Å². The molecule has 1 aliphatic heterocycles. The smallest absolute Gasteiger partial charge is 0.273 e. The molecule has 31 heavy (non-hydrogen) atoms. The Bertz CT molecular complexity index is 1200. The summed E-state index contributed by atoms with van der Waals surface area (Å²) in [6, 6.07) is 11.6. The Kier molecular flexibility index (Phi) is 6.38. The number of benzene rings is 2. The van der Waals surface area contributed by atoms with Crippen molar-refractivity contribution in [3.63, 3.8) is 0 Å². The number of carbonyl (C=O) groups is 1. The zero-order valence-electron chi connectivity index (χ0n) is 16.3. The molecular formula is C21H19ClFN3O3S2. The van der Waals surface area contributed by atoms with Crippen molar-refractivity contribution >= 4 is 38.9 Å². The molecule has 2 heterocycles. The second-order valence-corrected chi connectivity index (χ2v) is 10.2. The zero-order chi connectivity index (χ0) is 22.0. The number of amides is 1. The summed E-state index contributed by atoms with van der Waals surface area (Å²) in [6.07, 6.45) is 1.24. The molecule has 0 aliphatic carbocycles. The molecular weight excluding hydrogens is 461 g/mol. The Labute approximate surface area is 188 Å². The molecule has 2 aromatic carbocycles. The van der Waals surface area contributed by atoms with Crippen molar-refractivity contribution in [2.24, 2.45) is 0 Å². The highest BCUT2D eigenvalue weighted by Crippen LogP contribution is 2.26. The summed E-state index contributed by atoms with van der Waals surface area (Å²) >= 11 is 7.28. The number of carbonyl (C=O) groups excluding carboxylic acids is 1. The Morgan fingerprint density at radius 3 is 2.74 bits per heavy atom. The SMILES string of the molecule is O=C(c1csc(-c2ccc(Cl)cc2)n1)N1CCCC(NS(=O)(=O)c2cccc(F)c2)C1. The van der Waals surface area contributed by atoms with E-state index in [1.54, 1.807) is 22.4 Å².